The molecular formula is C12H15F3O2. The van der Waals surface area contributed by atoms with Crippen molar-refractivity contribution in [2.45, 2.75) is 32.0 Å². The van der Waals surface area contributed by atoms with Crippen LogP contribution < -0.4 is 4.74 Å². The summed E-state index contributed by atoms with van der Waals surface area (Å²) in [6.07, 6.45) is -4.07. The summed E-state index contributed by atoms with van der Waals surface area (Å²) in [7, 11) is 0. The molecule has 0 aliphatic heterocycles. The van der Waals surface area contributed by atoms with Gasteiger partial charge in [-0.05, 0) is 18.6 Å². The minimum atomic E-state index is -4.42. The second kappa shape index (κ2) is 5.91. The van der Waals surface area contributed by atoms with Gasteiger partial charge in [-0.1, -0.05) is 19.1 Å². The van der Waals surface area contributed by atoms with E-state index < -0.39 is 17.8 Å². The highest BCUT2D eigenvalue weighted by Gasteiger charge is 2.33. The van der Waals surface area contributed by atoms with Crippen molar-refractivity contribution < 1.29 is 23.0 Å². The van der Waals surface area contributed by atoms with Crippen LogP contribution in [0, 0.1) is 0 Å². The number of hydrogen-bond donors (Lipinski definition) is 1. The van der Waals surface area contributed by atoms with Crippen molar-refractivity contribution in [3.63, 3.8) is 0 Å². The summed E-state index contributed by atoms with van der Waals surface area (Å²) in [5.74, 6) is -0.191. The van der Waals surface area contributed by atoms with E-state index in [0.717, 1.165) is 6.07 Å². The SMILES string of the molecule is CCC(O)CCOc1ccccc1C(F)(F)F. The third-order valence-electron chi connectivity index (χ3n) is 2.37. The molecule has 0 aromatic heterocycles. The lowest BCUT2D eigenvalue weighted by atomic mass is 10.2. The van der Waals surface area contributed by atoms with Crippen LogP contribution in [-0.4, -0.2) is 17.8 Å². The number of ether oxygens (including phenoxy) is 1. The van der Waals surface area contributed by atoms with Crippen molar-refractivity contribution in [2.24, 2.45) is 0 Å². The lowest BCUT2D eigenvalue weighted by Crippen LogP contribution is -2.13. The Hall–Kier alpha value is -1.23. The van der Waals surface area contributed by atoms with Crippen LogP contribution in [0.1, 0.15) is 25.3 Å². The fourth-order valence-electron chi connectivity index (χ4n) is 1.34. The Morgan fingerprint density at radius 1 is 1.29 bits per heavy atom. The predicted octanol–water partition coefficient (Wildman–Crippen LogP) is 3.25. The van der Waals surface area contributed by atoms with Crippen LogP contribution in [0.2, 0.25) is 0 Å². The quantitative estimate of drug-likeness (QED) is 0.866. The Bertz CT molecular complexity index is 350. The molecule has 96 valence electrons. The smallest absolute Gasteiger partial charge is 0.419 e. The first kappa shape index (κ1) is 13.8. The molecular weight excluding hydrogens is 233 g/mol. The van der Waals surface area contributed by atoms with E-state index in [-0.39, 0.29) is 12.4 Å². The van der Waals surface area contributed by atoms with E-state index >= 15 is 0 Å². The van der Waals surface area contributed by atoms with Crippen molar-refractivity contribution in [1.29, 1.82) is 0 Å². The minimum absolute atomic E-state index is 0.0715. The number of alkyl halides is 3. The van der Waals surface area contributed by atoms with Gasteiger partial charge in [-0.25, -0.2) is 0 Å². The molecule has 17 heavy (non-hydrogen) atoms. The van der Waals surface area contributed by atoms with Crippen LogP contribution in [-0.2, 0) is 6.18 Å². The van der Waals surface area contributed by atoms with Gasteiger partial charge in [0.25, 0.3) is 0 Å². The molecule has 5 heteroatoms. The van der Waals surface area contributed by atoms with E-state index in [0.29, 0.717) is 12.8 Å². The van der Waals surface area contributed by atoms with Gasteiger partial charge in [0.15, 0.2) is 0 Å². The van der Waals surface area contributed by atoms with E-state index in [1.54, 1.807) is 6.92 Å². The molecule has 2 nitrogen and oxygen atoms in total. The van der Waals surface area contributed by atoms with Crippen LogP contribution in [0.3, 0.4) is 0 Å². The van der Waals surface area contributed by atoms with Crippen molar-refractivity contribution in [3.8, 4) is 5.75 Å². The molecule has 0 radical (unpaired) electrons. The predicted molar refractivity (Wildman–Crippen MR) is 57.9 cm³/mol. The van der Waals surface area contributed by atoms with Crippen LogP contribution >= 0.6 is 0 Å². The molecule has 1 N–H and O–H groups in total. The average molecular weight is 248 g/mol. The Kier molecular flexibility index (Phi) is 4.81. The molecule has 0 fully saturated rings. The zero-order valence-electron chi connectivity index (χ0n) is 9.50. The van der Waals surface area contributed by atoms with Crippen LogP contribution in [0.5, 0.6) is 5.75 Å². The highest BCUT2D eigenvalue weighted by molar-refractivity contribution is 5.35. The maximum atomic E-state index is 12.6. The molecule has 0 aliphatic carbocycles. The molecule has 1 atom stereocenters. The third kappa shape index (κ3) is 4.26. The second-order valence-corrected chi connectivity index (χ2v) is 3.69. The van der Waals surface area contributed by atoms with Gasteiger partial charge in [0, 0.05) is 6.42 Å². The first-order valence-electron chi connectivity index (χ1n) is 5.42. The van der Waals surface area contributed by atoms with Gasteiger partial charge in [0.2, 0.25) is 0 Å². The summed E-state index contributed by atoms with van der Waals surface area (Å²) in [6.45, 7) is 1.87. The number of rotatable bonds is 5. The molecule has 0 spiro atoms. The maximum Gasteiger partial charge on any atom is 0.419 e. The Labute approximate surface area is 98.0 Å². The third-order valence-corrected chi connectivity index (χ3v) is 2.37. The van der Waals surface area contributed by atoms with E-state index in [2.05, 4.69) is 0 Å². The monoisotopic (exact) mass is 248 g/mol. The number of benzene rings is 1. The highest BCUT2D eigenvalue weighted by Crippen LogP contribution is 2.35. The minimum Gasteiger partial charge on any atom is -0.493 e. The van der Waals surface area contributed by atoms with Crippen molar-refractivity contribution in [1.82, 2.24) is 0 Å². The number of halogens is 3. The Balaban J connectivity index is 2.65. The number of para-hydroxylation sites is 1. The molecule has 0 bridgehead atoms. The highest BCUT2D eigenvalue weighted by atomic mass is 19.4. The molecule has 0 heterocycles. The number of aliphatic hydroxyl groups is 1. The van der Waals surface area contributed by atoms with Crippen molar-refractivity contribution >= 4 is 0 Å². The topological polar surface area (TPSA) is 29.5 Å². The Morgan fingerprint density at radius 3 is 2.53 bits per heavy atom. The second-order valence-electron chi connectivity index (χ2n) is 3.69. The number of aliphatic hydroxyl groups excluding tert-OH is 1. The first-order chi connectivity index (χ1) is 7.95. The van der Waals surface area contributed by atoms with Gasteiger partial charge in [0.1, 0.15) is 5.75 Å². The first-order valence-corrected chi connectivity index (χ1v) is 5.42. The normalized spacial score (nSPS) is 13.5. The molecule has 0 saturated heterocycles. The zero-order chi connectivity index (χ0) is 12.9. The van der Waals surface area contributed by atoms with Gasteiger partial charge >= 0.3 is 6.18 Å². The van der Waals surface area contributed by atoms with Gasteiger partial charge < -0.3 is 9.84 Å². The fraction of sp³-hybridized carbons (Fsp3) is 0.500. The lowest BCUT2D eigenvalue weighted by Gasteiger charge is -2.14. The van der Waals surface area contributed by atoms with Gasteiger partial charge in [-0.3, -0.25) is 0 Å². The van der Waals surface area contributed by atoms with E-state index in [9.17, 15) is 18.3 Å². The van der Waals surface area contributed by atoms with Gasteiger partial charge in [-0.2, -0.15) is 13.2 Å². The molecule has 0 saturated carbocycles. The molecule has 1 rings (SSSR count). The zero-order valence-corrected chi connectivity index (χ0v) is 9.50. The van der Waals surface area contributed by atoms with Crippen LogP contribution in [0.25, 0.3) is 0 Å². The van der Waals surface area contributed by atoms with E-state index in [4.69, 9.17) is 4.74 Å². The lowest BCUT2D eigenvalue weighted by molar-refractivity contribution is -0.139. The average Bonchev–Trinajstić information content (AvgIpc) is 2.28. The van der Waals surface area contributed by atoms with Crippen molar-refractivity contribution in [2.75, 3.05) is 6.61 Å². The summed E-state index contributed by atoms with van der Waals surface area (Å²) in [5.41, 5.74) is -0.786. The van der Waals surface area contributed by atoms with E-state index in [1.807, 2.05) is 0 Å². The van der Waals surface area contributed by atoms with Crippen molar-refractivity contribution in [3.05, 3.63) is 29.8 Å². The molecule has 0 amide bonds. The maximum absolute atomic E-state index is 12.6. The Morgan fingerprint density at radius 2 is 1.94 bits per heavy atom. The number of hydrogen-bond acceptors (Lipinski definition) is 2. The van der Waals surface area contributed by atoms with E-state index in [1.165, 1.54) is 18.2 Å². The molecule has 1 aromatic carbocycles. The summed E-state index contributed by atoms with van der Waals surface area (Å²) in [6, 6.07) is 5.06. The molecule has 1 unspecified atom stereocenters. The van der Waals surface area contributed by atoms with Crippen LogP contribution in [0.4, 0.5) is 13.2 Å². The standard InChI is InChI=1S/C12H15F3O2/c1-2-9(16)7-8-17-11-6-4-3-5-10(11)12(13,14)15/h3-6,9,16H,2,7-8H2,1H3. The molecule has 0 aliphatic rings. The summed E-state index contributed by atoms with van der Waals surface area (Å²) in [4.78, 5) is 0. The largest absolute Gasteiger partial charge is 0.493 e. The van der Waals surface area contributed by atoms with Gasteiger partial charge in [0.05, 0.1) is 18.3 Å². The van der Waals surface area contributed by atoms with Gasteiger partial charge in [-0.15, -0.1) is 0 Å². The molecule has 1 aromatic rings. The summed E-state index contributed by atoms with van der Waals surface area (Å²) >= 11 is 0. The fourth-order valence-corrected chi connectivity index (χ4v) is 1.34. The summed E-state index contributed by atoms with van der Waals surface area (Å²) in [5, 5.41) is 9.26. The van der Waals surface area contributed by atoms with Crippen LogP contribution in [0.15, 0.2) is 24.3 Å². The summed E-state index contributed by atoms with van der Waals surface area (Å²) < 4.78 is 42.8.